The Morgan fingerprint density at radius 1 is 1.29 bits per heavy atom. The number of aliphatic hydroxyl groups excluding tert-OH is 1. The van der Waals surface area contributed by atoms with Gasteiger partial charge >= 0.3 is 0 Å². The van der Waals surface area contributed by atoms with E-state index in [1.807, 2.05) is 40.1 Å². The summed E-state index contributed by atoms with van der Waals surface area (Å²) >= 11 is 1.57. The molecule has 170 valence electrons. The van der Waals surface area contributed by atoms with E-state index in [4.69, 9.17) is 0 Å². The molecule has 0 bridgehead atoms. The fraction of sp³-hybridized carbons (Fsp3) is 0.619. The number of aryl methyl sites for hydroxylation is 1. The molecule has 2 aromatic heterocycles. The van der Waals surface area contributed by atoms with Gasteiger partial charge in [-0.15, -0.1) is 11.3 Å². The van der Waals surface area contributed by atoms with Crippen LogP contribution in [0.1, 0.15) is 51.7 Å². The molecule has 0 aromatic carbocycles. The smallest absolute Gasteiger partial charge is 0.241 e. The highest BCUT2D eigenvalue weighted by molar-refractivity contribution is 7.13. The second-order valence-corrected chi connectivity index (χ2v) is 9.95. The van der Waals surface area contributed by atoms with Crippen LogP contribution in [0.4, 0.5) is 0 Å². The van der Waals surface area contributed by atoms with E-state index in [0.29, 0.717) is 18.8 Å². The maximum absolute atomic E-state index is 13.1. The minimum absolute atomic E-state index is 0.0287. The van der Waals surface area contributed by atoms with Gasteiger partial charge in [-0.1, -0.05) is 20.8 Å². The van der Waals surface area contributed by atoms with Crippen LogP contribution in [0.15, 0.2) is 17.9 Å². The third-order valence-corrected chi connectivity index (χ3v) is 6.47. The van der Waals surface area contributed by atoms with E-state index in [1.54, 1.807) is 35.7 Å². The van der Waals surface area contributed by atoms with Crippen molar-refractivity contribution >= 4 is 17.2 Å². The first-order chi connectivity index (χ1) is 14.6. The molecule has 0 spiro atoms. The Hall–Kier alpha value is -1.98. The number of aromatic nitrogens is 3. The number of likely N-dealkylation sites (N-methyl/N-ethyl adjacent to an activating group) is 1. The summed E-state index contributed by atoms with van der Waals surface area (Å²) in [5.74, 6) is 0.608. The largest absolute Gasteiger partial charge is 0.391 e. The van der Waals surface area contributed by atoms with Gasteiger partial charge < -0.3 is 15.3 Å². The number of carbonyl (C=O) groups is 1. The van der Waals surface area contributed by atoms with Crippen LogP contribution in [-0.2, 0) is 4.79 Å². The first-order valence-corrected chi connectivity index (χ1v) is 11.4. The highest BCUT2D eigenvalue weighted by atomic mass is 32.1. The van der Waals surface area contributed by atoms with E-state index in [1.165, 1.54) is 0 Å². The Morgan fingerprint density at radius 3 is 2.52 bits per heavy atom. The van der Waals surface area contributed by atoms with Crippen molar-refractivity contribution in [2.24, 2.45) is 5.41 Å². The van der Waals surface area contributed by atoms with Gasteiger partial charge in [0.25, 0.3) is 0 Å². The topological polar surface area (TPSA) is 115 Å². The molecule has 31 heavy (non-hydrogen) atoms. The number of carbonyl (C=O) groups excluding carboxylic acids is 1. The van der Waals surface area contributed by atoms with Gasteiger partial charge in [0.05, 0.1) is 40.4 Å². The Bertz CT molecular complexity index is 881. The van der Waals surface area contributed by atoms with Crippen molar-refractivity contribution in [3.63, 3.8) is 0 Å². The number of nitrogens with one attached hydrogen (secondary N) is 3. The van der Waals surface area contributed by atoms with Crippen molar-refractivity contribution in [3.8, 4) is 10.4 Å². The molecular formula is C21H33N7O2S. The highest BCUT2D eigenvalue weighted by Gasteiger charge is 2.40. The van der Waals surface area contributed by atoms with Crippen molar-refractivity contribution in [1.82, 2.24) is 36.0 Å². The second-order valence-electron chi connectivity index (χ2n) is 9.09. The molecule has 3 heterocycles. The van der Waals surface area contributed by atoms with Crippen LogP contribution < -0.4 is 16.2 Å². The molecule has 1 aliphatic heterocycles. The number of β-amino-alcohol motifs (C(OH)–C–C–N with tert-alkyl or cyclic N) is 1. The Kier molecular flexibility index (Phi) is 7.38. The molecule has 0 aliphatic carbocycles. The van der Waals surface area contributed by atoms with Crippen molar-refractivity contribution in [3.05, 3.63) is 29.4 Å². The van der Waals surface area contributed by atoms with E-state index >= 15 is 0 Å². The fourth-order valence-corrected chi connectivity index (χ4v) is 4.61. The summed E-state index contributed by atoms with van der Waals surface area (Å²) in [6, 6.07) is -0.528. The minimum atomic E-state index is -0.561. The van der Waals surface area contributed by atoms with E-state index in [2.05, 4.69) is 31.1 Å². The van der Waals surface area contributed by atoms with E-state index in [9.17, 15) is 9.90 Å². The molecule has 4 N–H and O–H groups in total. The van der Waals surface area contributed by atoms with Crippen molar-refractivity contribution < 1.29 is 9.90 Å². The number of rotatable bonds is 7. The summed E-state index contributed by atoms with van der Waals surface area (Å²) < 4.78 is 0. The quantitative estimate of drug-likeness (QED) is 0.473. The van der Waals surface area contributed by atoms with Crippen molar-refractivity contribution in [2.75, 3.05) is 13.6 Å². The molecular weight excluding hydrogens is 414 g/mol. The molecule has 9 nitrogen and oxygen atoms in total. The molecule has 1 aliphatic rings. The highest BCUT2D eigenvalue weighted by Crippen LogP contribution is 2.27. The number of amides is 1. The number of nitrogens with zero attached hydrogens (tertiary/aromatic N) is 4. The summed E-state index contributed by atoms with van der Waals surface area (Å²) in [4.78, 5) is 29.1. The number of thiazole rings is 1. The zero-order valence-corrected chi connectivity index (χ0v) is 19.8. The lowest BCUT2D eigenvalue weighted by Crippen LogP contribution is -2.57. The Balaban J connectivity index is 1.63. The van der Waals surface area contributed by atoms with Crippen LogP contribution in [0, 0.1) is 12.3 Å². The molecule has 3 rings (SSSR count). The van der Waals surface area contributed by atoms with Crippen LogP contribution in [0.5, 0.6) is 0 Å². The van der Waals surface area contributed by atoms with Crippen LogP contribution in [0.25, 0.3) is 10.4 Å². The first kappa shape index (κ1) is 23.7. The number of hydrazine groups is 1. The standard InChI is InChI=1S/C21H33N7O2S/c1-12-17(31-11-25-12)14-8-23-19(24-9-14)13(2)26-27-16-7-15(29)10-28(16)20(30)18(22-6)21(3,4)5/h8-9,11,13,15-16,18,22,26-27,29H,7,10H2,1-6H3/t13-,15+,16-,18+/m0/s1. The SMILES string of the molecule is CN[C@H](C(=O)N1C[C@H](O)C[C@H]1NN[C@@H](C)c1ncc(-c2scnc2C)cn1)C(C)(C)C. The zero-order valence-electron chi connectivity index (χ0n) is 19.0. The Morgan fingerprint density at radius 2 is 1.97 bits per heavy atom. The molecule has 0 unspecified atom stereocenters. The number of hydrogen-bond acceptors (Lipinski definition) is 9. The van der Waals surface area contributed by atoms with Gasteiger partial charge in [-0.3, -0.25) is 4.79 Å². The lowest BCUT2D eigenvalue weighted by atomic mass is 9.86. The van der Waals surface area contributed by atoms with Gasteiger partial charge in [-0.05, 0) is 26.3 Å². The predicted molar refractivity (Wildman–Crippen MR) is 121 cm³/mol. The molecule has 2 aromatic rings. The third kappa shape index (κ3) is 5.45. The average molecular weight is 448 g/mol. The molecule has 10 heteroatoms. The molecule has 4 atom stereocenters. The number of aliphatic hydroxyl groups is 1. The maximum Gasteiger partial charge on any atom is 0.241 e. The van der Waals surface area contributed by atoms with Gasteiger partial charge in [0.15, 0.2) is 0 Å². The van der Waals surface area contributed by atoms with Crippen molar-refractivity contribution in [2.45, 2.75) is 65.4 Å². The maximum atomic E-state index is 13.1. The molecule has 0 saturated carbocycles. The van der Waals surface area contributed by atoms with Crippen LogP contribution >= 0.6 is 11.3 Å². The lowest BCUT2D eigenvalue weighted by Gasteiger charge is -2.35. The summed E-state index contributed by atoms with van der Waals surface area (Å²) in [6.07, 6.45) is 3.18. The van der Waals surface area contributed by atoms with E-state index in [-0.39, 0.29) is 29.6 Å². The average Bonchev–Trinajstić information content (AvgIpc) is 3.30. The summed E-state index contributed by atoms with van der Waals surface area (Å²) in [7, 11) is 1.79. The molecule has 0 radical (unpaired) electrons. The second kappa shape index (κ2) is 9.66. The zero-order chi connectivity index (χ0) is 22.8. The number of hydrogen-bond donors (Lipinski definition) is 4. The van der Waals surface area contributed by atoms with Gasteiger partial charge in [0.2, 0.25) is 5.91 Å². The summed E-state index contributed by atoms with van der Waals surface area (Å²) in [6.45, 7) is 10.3. The minimum Gasteiger partial charge on any atom is -0.391 e. The van der Waals surface area contributed by atoms with E-state index < -0.39 is 6.10 Å². The Labute approximate surface area is 187 Å². The van der Waals surface area contributed by atoms with Gasteiger partial charge in [-0.25, -0.2) is 25.8 Å². The molecule has 1 amide bonds. The first-order valence-electron chi connectivity index (χ1n) is 10.5. The van der Waals surface area contributed by atoms with Gasteiger partial charge in [0, 0.05) is 30.9 Å². The lowest BCUT2D eigenvalue weighted by molar-refractivity contribution is -0.138. The van der Waals surface area contributed by atoms with Crippen LogP contribution in [0.2, 0.25) is 0 Å². The monoisotopic (exact) mass is 447 g/mol. The third-order valence-electron chi connectivity index (χ3n) is 5.50. The fourth-order valence-electron chi connectivity index (χ4n) is 3.83. The number of likely N-dealkylation sites (tertiary alicyclic amines) is 1. The van der Waals surface area contributed by atoms with Crippen LogP contribution in [0.3, 0.4) is 0 Å². The van der Waals surface area contributed by atoms with E-state index in [0.717, 1.165) is 16.1 Å². The predicted octanol–water partition coefficient (Wildman–Crippen LogP) is 1.62. The summed E-state index contributed by atoms with van der Waals surface area (Å²) in [5, 5.41) is 13.3. The van der Waals surface area contributed by atoms with Gasteiger partial charge in [0.1, 0.15) is 5.82 Å². The van der Waals surface area contributed by atoms with Crippen LogP contribution in [-0.4, -0.2) is 62.8 Å². The normalized spacial score (nSPS) is 21.3. The molecule has 1 fully saturated rings. The van der Waals surface area contributed by atoms with Crippen molar-refractivity contribution in [1.29, 1.82) is 0 Å². The molecule has 1 saturated heterocycles. The summed E-state index contributed by atoms with van der Waals surface area (Å²) in [5.41, 5.74) is 9.88. The van der Waals surface area contributed by atoms with Gasteiger partial charge in [-0.2, -0.15) is 0 Å².